The number of thioether (sulfide) groups is 1. The fraction of sp³-hybridized carbons (Fsp3) is 0.600. The van der Waals surface area contributed by atoms with E-state index in [-0.39, 0.29) is 12.1 Å². The van der Waals surface area contributed by atoms with Crippen LogP contribution < -0.4 is 5.32 Å². The summed E-state index contributed by atoms with van der Waals surface area (Å²) < 4.78 is 0. The summed E-state index contributed by atoms with van der Waals surface area (Å²) in [5.41, 5.74) is -0.172. The van der Waals surface area contributed by atoms with E-state index in [1.807, 2.05) is 18.2 Å². The molecule has 1 atom stereocenters. The lowest BCUT2D eigenvalue weighted by Gasteiger charge is -2.28. The molecule has 1 aromatic rings. The predicted molar refractivity (Wildman–Crippen MR) is 90.2 cm³/mol. The zero-order chi connectivity index (χ0) is 15.0. The molecular formula is C15H23Cl2NOS. The van der Waals surface area contributed by atoms with Crippen LogP contribution in [0.5, 0.6) is 0 Å². The number of halogens is 2. The van der Waals surface area contributed by atoms with Gasteiger partial charge in [-0.05, 0) is 56.7 Å². The van der Waals surface area contributed by atoms with E-state index in [0.717, 1.165) is 36.5 Å². The summed E-state index contributed by atoms with van der Waals surface area (Å²) in [7, 11) is 0. The van der Waals surface area contributed by atoms with Gasteiger partial charge in [-0.3, -0.25) is 0 Å². The van der Waals surface area contributed by atoms with Gasteiger partial charge in [0.05, 0.1) is 16.7 Å². The van der Waals surface area contributed by atoms with E-state index >= 15 is 0 Å². The molecular weight excluding hydrogens is 313 g/mol. The molecule has 1 unspecified atom stereocenters. The maximum Gasteiger partial charge on any atom is 0.0610 e. The lowest BCUT2D eigenvalue weighted by Crippen LogP contribution is -2.46. The summed E-state index contributed by atoms with van der Waals surface area (Å²) >= 11 is 13.6. The minimum absolute atomic E-state index is 0.171. The van der Waals surface area contributed by atoms with Crippen LogP contribution in [-0.4, -0.2) is 29.5 Å². The average molecular weight is 336 g/mol. The van der Waals surface area contributed by atoms with Gasteiger partial charge in [0.15, 0.2) is 0 Å². The van der Waals surface area contributed by atoms with Crippen molar-refractivity contribution in [1.82, 2.24) is 5.32 Å². The maximum absolute atomic E-state index is 9.49. The van der Waals surface area contributed by atoms with Crippen molar-refractivity contribution in [1.29, 1.82) is 0 Å². The number of nitrogens with one attached hydrogen (secondary N) is 1. The summed E-state index contributed by atoms with van der Waals surface area (Å²) in [6.07, 6.45) is 3.07. The third kappa shape index (κ3) is 6.23. The van der Waals surface area contributed by atoms with Crippen LogP contribution in [0.1, 0.15) is 33.1 Å². The predicted octanol–water partition coefficient (Wildman–Crippen LogP) is 4.62. The molecule has 1 aromatic carbocycles. The molecule has 0 saturated carbocycles. The summed E-state index contributed by atoms with van der Waals surface area (Å²) in [6, 6.07) is 5.71. The Hall–Kier alpha value is 0.0700. The van der Waals surface area contributed by atoms with E-state index < -0.39 is 0 Å². The van der Waals surface area contributed by atoms with Crippen LogP contribution in [0, 0.1) is 0 Å². The van der Waals surface area contributed by atoms with Crippen LogP contribution in [0.3, 0.4) is 0 Å². The average Bonchev–Trinajstić information content (AvgIpc) is 2.45. The first-order valence-electron chi connectivity index (χ1n) is 6.94. The standard InChI is InChI=1S/C15H23Cl2NOS/c1-3-8-18-15(2,11-19)7-4-9-20-12-5-6-13(16)14(17)10-12/h5-6,10,18-19H,3-4,7-9,11H2,1-2H3. The first kappa shape index (κ1) is 18.1. The molecule has 0 aliphatic heterocycles. The van der Waals surface area contributed by atoms with Gasteiger partial charge in [-0.1, -0.05) is 30.1 Å². The lowest BCUT2D eigenvalue weighted by atomic mass is 9.97. The normalized spacial score (nSPS) is 14.2. The van der Waals surface area contributed by atoms with Crippen molar-refractivity contribution in [2.75, 3.05) is 18.9 Å². The van der Waals surface area contributed by atoms with Crippen molar-refractivity contribution in [3.8, 4) is 0 Å². The Kier molecular flexibility index (Phi) is 8.30. The number of aliphatic hydroxyl groups is 1. The molecule has 0 bridgehead atoms. The minimum Gasteiger partial charge on any atom is -0.394 e. The Morgan fingerprint density at radius 3 is 2.65 bits per heavy atom. The highest BCUT2D eigenvalue weighted by atomic mass is 35.5. The van der Waals surface area contributed by atoms with Gasteiger partial charge in [0.2, 0.25) is 0 Å². The van der Waals surface area contributed by atoms with Crippen molar-refractivity contribution < 1.29 is 5.11 Å². The fourth-order valence-electron chi connectivity index (χ4n) is 1.87. The minimum atomic E-state index is -0.172. The Labute approximate surface area is 136 Å². The van der Waals surface area contributed by atoms with Gasteiger partial charge in [0, 0.05) is 10.4 Å². The Bertz CT molecular complexity index is 417. The molecule has 20 heavy (non-hydrogen) atoms. The highest BCUT2D eigenvalue weighted by Crippen LogP contribution is 2.28. The fourth-order valence-corrected chi connectivity index (χ4v) is 3.12. The summed E-state index contributed by atoms with van der Waals surface area (Å²) in [5.74, 6) is 1.00. The second kappa shape index (κ2) is 9.16. The number of benzene rings is 1. The topological polar surface area (TPSA) is 32.3 Å². The molecule has 114 valence electrons. The first-order chi connectivity index (χ1) is 9.50. The van der Waals surface area contributed by atoms with Crippen molar-refractivity contribution in [2.45, 2.75) is 43.5 Å². The highest BCUT2D eigenvalue weighted by molar-refractivity contribution is 7.99. The molecule has 0 spiro atoms. The Morgan fingerprint density at radius 2 is 2.05 bits per heavy atom. The van der Waals surface area contributed by atoms with E-state index in [1.165, 1.54) is 0 Å². The highest BCUT2D eigenvalue weighted by Gasteiger charge is 2.21. The van der Waals surface area contributed by atoms with E-state index in [0.29, 0.717) is 10.0 Å². The molecule has 5 heteroatoms. The van der Waals surface area contributed by atoms with Crippen LogP contribution in [-0.2, 0) is 0 Å². The number of rotatable bonds is 9. The number of aliphatic hydroxyl groups excluding tert-OH is 1. The second-order valence-electron chi connectivity index (χ2n) is 5.17. The van der Waals surface area contributed by atoms with Gasteiger partial charge in [0.1, 0.15) is 0 Å². The van der Waals surface area contributed by atoms with E-state index in [9.17, 15) is 5.11 Å². The number of hydrogen-bond acceptors (Lipinski definition) is 3. The number of hydrogen-bond donors (Lipinski definition) is 2. The molecule has 0 heterocycles. The van der Waals surface area contributed by atoms with Crippen molar-refractivity contribution in [3.63, 3.8) is 0 Å². The molecule has 0 aliphatic carbocycles. The molecule has 0 aromatic heterocycles. The largest absolute Gasteiger partial charge is 0.394 e. The smallest absolute Gasteiger partial charge is 0.0610 e. The monoisotopic (exact) mass is 335 g/mol. The molecule has 0 amide bonds. The van der Waals surface area contributed by atoms with E-state index in [2.05, 4.69) is 19.2 Å². The zero-order valence-corrected chi connectivity index (χ0v) is 14.4. The SMILES string of the molecule is CCCNC(C)(CO)CCCSc1ccc(Cl)c(Cl)c1. The second-order valence-corrected chi connectivity index (χ2v) is 7.16. The van der Waals surface area contributed by atoms with Gasteiger partial charge >= 0.3 is 0 Å². The molecule has 0 aliphatic rings. The third-order valence-corrected chi connectivity index (χ3v) is 5.00. The van der Waals surface area contributed by atoms with Crippen LogP contribution >= 0.6 is 35.0 Å². The zero-order valence-electron chi connectivity index (χ0n) is 12.1. The van der Waals surface area contributed by atoms with E-state index in [4.69, 9.17) is 23.2 Å². The van der Waals surface area contributed by atoms with Gasteiger partial charge in [0.25, 0.3) is 0 Å². The lowest BCUT2D eigenvalue weighted by molar-refractivity contribution is 0.165. The van der Waals surface area contributed by atoms with Crippen LogP contribution in [0.15, 0.2) is 23.1 Å². The molecule has 0 radical (unpaired) electrons. The Balaban J connectivity index is 2.34. The molecule has 2 N–H and O–H groups in total. The van der Waals surface area contributed by atoms with Crippen LogP contribution in [0.25, 0.3) is 0 Å². The Morgan fingerprint density at radius 1 is 1.30 bits per heavy atom. The third-order valence-electron chi connectivity index (χ3n) is 3.18. The summed E-state index contributed by atoms with van der Waals surface area (Å²) in [4.78, 5) is 1.13. The van der Waals surface area contributed by atoms with E-state index in [1.54, 1.807) is 11.8 Å². The maximum atomic E-state index is 9.49. The van der Waals surface area contributed by atoms with Crippen molar-refractivity contribution >= 4 is 35.0 Å². The van der Waals surface area contributed by atoms with Gasteiger partial charge in [-0.25, -0.2) is 0 Å². The summed E-state index contributed by atoms with van der Waals surface area (Å²) in [5, 5.41) is 14.1. The van der Waals surface area contributed by atoms with Crippen molar-refractivity contribution in [2.24, 2.45) is 0 Å². The molecule has 1 rings (SSSR count). The van der Waals surface area contributed by atoms with Gasteiger partial charge < -0.3 is 10.4 Å². The van der Waals surface area contributed by atoms with Crippen LogP contribution in [0.4, 0.5) is 0 Å². The van der Waals surface area contributed by atoms with Gasteiger partial charge in [-0.2, -0.15) is 0 Å². The first-order valence-corrected chi connectivity index (χ1v) is 8.68. The van der Waals surface area contributed by atoms with Gasteiger partial charge in [-0.15, -0.1) is 11.8 Å². The molecule has 2 nitrogen and oxygen atoms in total. The quantitative estimate of drug-likeness (QED) is 0.510. The molecule has 0 saturated heterocycles. The van der Waals surface area contributed by atoms with Crippen LogP contribution in [0.2, 0.25) is 10.0 Å². The molecule has 0 fully saturated rings. The summed E-state index contributed by atoms with van der Waals surface area (Å²) in [6.45, 7) is 5.32. The van der Waals surface area contributed by atoms with Crippen molar-refractivity contribution in [3.05, 3.63) is 28.2 Å².